The molecule has 0 bridgehead atoms. The van der Waals surface area contributed by atoms with Gasteiger partial charge >= 0.3 is 0 Å². The van der Waals surface area contributed by atoms with Crippen LogP contribution in [0.5, 0.6) is 0 Å². The maximum absolute atomic E-state index is 13.1. The second-order valence-electron chi connectivity index (χ2n) is 6.72. The lowest BCUT2D eigenvalue weighted by atomic mass is 10.1. The van der Waals surface area contributed by atoms with Crippen LogP contribution >= 0.6 is 11.3 Å². The quantitative estimate of drug-likeness (QED) is 0.822. The average molecular weight is 362 g/mol. The van der Waals surface area contributed by atoms with Crippen LogP contribution in [0.15, 0.2) is 17.1 Å². The van der Waals surface area contributed by atoms with E-state index in [2.05, 4.69) is 18.7 Å². The highest BCUT2D eigenvalue weighted by Crippen LogP contribution is 2.29. The maximum Gasteiger partial charge on any atom is 0.260 e. The zero-order valence-electron chi connectivity index (χ0n) is 15.4. The molecule has 0 atom stereocenters. The number of aryl methyl sites for hydroxylation is 2. The minimum atomic E-state index is -0.0309. The maximum atomic E-state index is 13.1. The number of pyridine rings is 1. The molecule has 1 amide bonds. The van der Waals surface area contributed by atoms with Gasteiger partial charge in [-0.1, -0.05) is 13.8 Å². The summed E-state index contributed by atoms with van der Waals surface area (Å²) >= 11 is 1.55. The second-order valence-corrected chi connectivity index (χ2v) is 7.98. The summed E-state index contributed by atoms with van der Waals surface area (Å²) in [6.07, 6.45) is 3.89. The summed E-state index contributed by atoms with van der Waals surface area (Å²) in [6, 6.07) is 1.97. The SMILES string of the molecule is CCCN1CCN(C(=O)c2c(C)sc3ccn(CCC)c(=O)c23)CC1. The van der Waals surface area contributed by atoms with Crippen LogP contribution in [-0.2, 0) is 6.54 Å². The number of fused-ring (bicyclic) bond motifs is 1. The molecule has 1 saturated heterocycles. The molecule has 1 aliphatic heterocycles. The van der Waals surface area contributed by atoms with Crippen molar-refractivity contribution in [1.82, 2.24) is 14.4 Å². The first-order chi connectivity index (χ1) is 12.1. The van der Waals surface area contributed by atoms with Crippen LogP contribution < -0.4 is 5.56 Å². The molecule has 0 aliphatic carbocycles. The second kappa shape index (κ2) is 7.70. The number of amides is 1. The van der Waals surface area contributed by atoms with E-state index in [0.717, 1.165) is 55.1 Å². The van der Waals surface area contributed by atoms with Crippen LogP contribution in [0.4, 0.5) is 0 Å². The van der Waals surface area contributed by atoms with Gasteiger partial charge in [0, 0.05) is 48.5 Å². The fraction of sp³-hybridized carbons (Fsp3) is 0.579. The van der Waals surface area contributed by atoms with Gasteiger partial charge in [-0.25, -0.2) is 0 Å². The zero-order valence-corrected chi connectivity index (χ0v) is 16.2. The minimum Gasteiger partial charge on any atom is -0.336 e. The monoisotopic (exact) mass is 361 g/mol. The van der Waals surface area contributed by atoms with Gasteiger partial charge in [-0.3, -0.25) is 14.5 Å². The number of piperazine rings is 1. The predicted molar refractivity (Wildman–Crippen MR) is 104 cm³/mol. The van der Waals surface area contributed by atoms with E-state index in [1.165, 1.54) is 0 Å². The Morgan fingerprint density at radius 1 is 1.12 bits per heavy atom. The molecule has 0 spiro atoms. The molecular formula is C19H27N3O2S. The first-order valence-corrected chi connectivity index (χ1v) is 10.0. The van der Waals surface area contributed by atoms with E-state index in [0.29, 0.717) is 17.5 Å². The number of aromatic nitrogens is 1. The van der Waals surface area contributed by atoms with Crippen LogP contribution in [0.25, 0.3) is 10.1 Å². The number of rotatable bonds is 5. The molecule has 3 heterocycles. The number of thiophene rings is 1. The summed E-state index contributed by atoms with van der Waals surface area (Å²) in [4.78, 5) is 31.3. The lowest BCUT2D eigenvalue weighted by molar-refractivity contribution is 0.0639. The van der Waals surface area contributed by atoms with Crippen molar-refractivity contribution in [3.8, 4) is 0 Å². The Morgan fingerprint density at radius 2 is 1.80 bits per heavy atom. The molecule has 1 aliphatic rings. The van der Waals surface area contributed by atoms with E-state index < -0.39 is 0 Å². The van der Waals surface area contributed by atoms with Crippen molar-refractivity contribution in [2.24, 2.45) is 0 Å². The number of carbonyl (C=O) groups is 1. The van der Waals surface area contributed by atoms with E-state index >= 15 is 0 Å². The Bertz CT molecular complexity index is 816. The molecule has 3 rings (SSSR count). The van der Waals surface area contributed by atoms with Gasteiger partial charge < -0.3 is 9.47 Å². The van der Waals surface area contributed by atoms with E-state index in [1.807, 2.05) is 24.1 Å². The van der Waals surface area contributed by atoms with Gasteiger partial charge in [-0.2, -0.15) is 0 Å². The summed E-state index contributed by atoms with van der Waals surface area (Å²) in [5.74, 6) is 0.0197. The molecule has 0 radical (unpaired) electrons. The van der Waals surface area contributed by atoms with E-state index in [-0.39, 0.29) is 11.5 Å². The fourth-order valence-electron chi connectivity index (χ4n) is 3.59. The number of hydrogen-bond acceptors (Lipinski definition) is 4. The summed E-state index contributed by atoms with van der Waals surface area (Å²) in [6.45, 7) is 11.3. The third-order valence-electron chi connectivity index (χ3n) is 4.87. The van der Waals surface area contributed by atoms with Crippen molar-refractivity contribution >= 4 is 27.3 Å². The minimum absolute atomic E-state index is 0.0197. The summed E-state index contributed by atoms with van der Waals surface area (Å²) < 4.78 is 2.65. The molecule has 5 nitrogen and oxygen atoms in total. The number of carbonyl (C=O) groups excluding carboxylic acids is 1. The van der Waals surface area contributed by atoms with Crippen molar-refractivity contribution < 1.29 is 4.79 Å². The van der Waals surface area contributed by atoms with Crippen molar-refractivity contribution in [3.63, 3.8) is 0 Å². The van der Waals surface area contributed by atoms with Crippen LogP contribution in [0, 0.1) is 6.92 Å². The molecule has 0 N–H and O–H groups in total. The van der Waals surface area contributed by atoms with Crippen LogP contribution in [0.1, 0.15) is 41.9 Å². The molecule has 6 heteroatoms. The Labute approximate surface area is 152 Å². The molecule has 136 valence electrons. The molecule has 0 aromatic carbocycles. The van der Waals surface area contributed by atoms with Crippen molar-refractivity contribution in [2.45, 2.75) is 40.2 Å². The average Bonchev–Trinajstić information content (AvgIpc) is 2.95. The van der Waals surface area contributed by atoms with Crippen molar-refractivity contribution in [2.75, 3.05) is 32.7 Å². The van der Waals surface area contributed by atoms with E-state index in [9.17, 15) is 9.59 Å². The predicted octanol–water partition coefficient (Wildman–Crippen LogP) is 2.95. The van der Waals surface area contributed by atoms with Crippen LogP contribution in [0.2, 0.25) is 0 Å². The van der Waals surface area contributed by atoms with Gasteiger partial charge in [0.15, 0.2) is 0 Å². The third-order valence-corrected chi connectivity index (χ3v) is 5.94. The summed E-state index contributed by atoms with van der Waals surface area (Å²) in [5, 5.41) is 0.611. The van der Waals surface area contributed by atoms with Gasteiger partial charge in [-0.15, -0.1) is 11.3 Å². The van der Waals surface area contributed by atoms with Gasteiger partial charge in [0.1, 0.15) is 0 Å². The van der Waals surface area contributed by atoms with Gasteiger partial charge in [0.25, 0.3) is 11.5 Å². The largest absolute Gasteiger partial charge is 0.336 e. The van der Waals surface area contributed by atoms with Gasteiger partial charge in [0.05, 0.1) is 10.9 Å². The van der Waals surface area contributed by atoms with Crippen LogP contribution in [-0.4, -0.2) is 53.0 Å². The molecule has 0 unspecified atom stereocenters. The highest BCUT2D eigenvalue weighted by Gasteiger charge is 2.27. The van der Waals surface area contributed by atoms with Crippen molar-refractivity contribution in [3.05, 3.63) is 33.1 Å². The van der Waals surface area contributed by atoms with Crippen LogP contribution in [0.3, 0.4) is 0 Å². The Hall–Kier alpha value is -1.66. The molecule has 2 aromatic heterocycles. The Kier molecular flexibility index (Phi) is 5.59. The van der Waals surface area contributed by atoms with Gasteiger partial charge in [0.2, 0.25) is 0 Å². The third kappa shape index (κ3) is 3.51. The van der Waals surface area contributed by atoms with Crippen molar-refractivity contribution in [1.29, 1.82) is 0 Å². The molecule has 1 fully saturated rings. The summed E-state index contributed by atoms with van der Waals surface area (Å²) in [5.41, 5.74) is 0.594. The smallest absolute Gasteiger partial charge is 0.260 e. The molecule has 0 saturated carbocycles. The van der Waals surface area contributed by atoms with E-state index in [4.69, 9.17) is 0 Å². The first kappa shape index (κ1) is 18.1. The molecular weight excluding hydrogens is 334 g/mol. The lowest BCUT2D eigenvalue weighted by Crippen LogP contribution is -2.49. The van der Waals surface area contributed by atoms with E-state index in [1.54, 1.807) is 15.9 Å². The Balaban J connectivity index is 1.92. The normalized spacial score (nSPS) is 15.9. The number of hydrogen-bond donors (Lipinski definition) is 0. The fourth-order valence-corrected chi connectivity index (χ4v) is 4.63. The highest BCUT2D eigenvalue weighted by molar-refractivity contribution is 7.19. The zero-order chi connectivity index (χ0) is 18.0. The first-order valence-electron chi connectivity index (χ1n) is 9.21. The topological polar surface area (TPSA) is 45.5 Å². The van der Waals surface area contributed by atoms with Gasteiger partial charge in [-0.05, 0) is 32.4 Å². The molecule has 25 heavy (non-hydrogen) atoms. The number of nitrogens with zero attached hydrogens (tertiary/aromatic N) is 3. The molecule has 2 aromatic rings. The lowest BCUT2D eigenvalue weighted by Gasteiger charge is -2.34. The Morgan fingerprint density at radius 3 is 2.44 bits per heavy atom. The standard InChI is InChI=1S/C19H27N3O2S/c1-4-7-20-10-12-22(13-11-20)18(23)16-14(3)25-15-6-9-21(8-5-2)19(24)17(15)16/h6,9H,4-5,7-8,10-13H2,1-3H3. The summed E-state index contributed by atoms with van der Waals surface area (Å²) in [7, 11) is 0. The highest BCUT2D eigenvalue weighted by atomic mass is 32.1.